The Labute approximate surface area is 322 Å². The third-order valence-corrected chi connectivity index (χ3v) is 11.6. The predicted octanol–water partition coefficient (Wildman–Crippen LogP) is 13.4. The van der Waals surface area contributed by atoms with Crippen LogP contribution in [0.3, 0.4) is 0 Å². The number of fused-ring (bicyclic) bond motifs is 10. The highest BCUT2D eigenvalue weighted by Crippen LogP contribution is 2.45. The molecular formula is C52H34N4. The summed E-state index contributed by atoms with van der Waals surface area (Å²) in [5.41, 5.74) is 13.9. The maximum atomic E-state index is 2.49. The molecule has 0 saturated carbocycles. The largest absolute Gasteiger partial charge is 0.295 e. The molecule has 4 heterocycles. The summed E-state index contributed by atoms with van der Waals surface area (Å²) in [5, 5.41) is 7.48. The monoisotopic (exact) mass is 714 g/mol. The van der Waals surface area contributed by atoms with Crippen molar-refractivity contribution in [3.8, 4) is 33.9 Å². The predicted molar refractivity (Wildman–Crippen MR) is 234 cm³/mol. The Bertz CT molecular complexity index is 3230. The van der Waals surface area contributed by atoms with Crippen molar-refractivity contribution in [1.29, 1.82) is 0 Å². The summed E-state index contributed by atoms with van der Waals surface area (Å²) in [7, 11) is 0. The summed E-state index contributed by atoms with van der Waals surface area (Å²) >= 11 is 0. The first-order valence-corrected chi connectivity index (χ1v) is 19.2. The summed E-state index contributed by atoms with van der Waals surface area (Å²) in [6, 6.07) is 74.8. The van der Waals surface area contributed by atoms with Crippen LogP contribution in [-0.2, 0) is 0 Å². The molecule has 56 heavy (non-hydrogen) atoms. The quantitative estimate of drug-likeness (QED) is 0.169. The molecule has 0 bridgehead atoms. The Morgan fingerprint density at radius 2 is 0.518 bits per heavy atom. The van der Waals surface area contributed by atoms with Gasteiger partial charge in [0.25, 0.3) is 0 Å². The van der Waals surface area contributed by atoms with Gasteiger partial charge in [-0.2, -0.15) is 0 Å². The number of hydrogen-bond acceptors (Lipinski definition) is 0. The van der Waals surface area contributed by atoms with Gasteiger partial charge in [-0.05, 0) is 60.7 Å². The van der Waals surface area contributed by atoms with Crippen molar-refractivity contribution in [3.63, 3.8) is 0 Å². The zero-order valence-corrected chi connectivity index (χ0v) is 30.4. The molecule has 0 saturated heterocycles. The van der Waals surface area contributed by atoms with Gasteiger partial charge in [0.05, 0.1) is 33.4 Å². The molecule has 262 valence electrons. The van der Waals surface area contributed by atoms with E-state index in [0.717, 1.165) is 45.2 Å². The van der Waals surface area contributed by atoms with Crippen molar-refractivity contribution >= 4 is 65.7 Å². The van der Waals surface area contributed by atoms with E-state index in [4.69, 9.17) is 0 Å². The highest BCUT2D eigenvalue weighted by Gasteiger charge is 2.26. The van der Waals surface area contributed by atoms with E-state index in [1.807, 2.05) is 0 Å². The van der Waals surface area contributed by atoms with E-state index < -0.39 is 0 Å². The average molecular weight is 715 g/mol. The topological polar surface area (TPSA) is 19.7 Å². The van der Waals surface area contributed by atoms with Crippen LogP contribution in [0.4, 0.5) is 0 Å². The fraction of sp³-hybridized carbons (Fsp3) is 0. The normalized spacial score (nSPS) is 11.9. The van der Waals surface area contributed by atoms with Crippen LogP contribution >= 0.6 is 0 Å². The second-order valence-corrected chi connectivity index (χ2v) is 14.5. The molecule has 4 heteroatoms. The molecule has 0 aliphatic carbocycles. The third kappa shape index (κ3) is 4.24. The fourth-order valence-electron chi connectivity index (χ4n) is 9.35. The average Bonchev–Trinajstić information content (AvgIpc) is 3.99. The van der Waals surface area contributed by atoms with Crippen molar-refractivity contribution in [3.05, 3.63) is 206 Å². The van der Waals surface area contributed by atoms with E-state index >= 15 is 0 Å². The lowest BCUT2D eigenvalue weighted by atomic mass is 10.0. The van der Waals surface area contributed by atoms with Gasteiger partial charge in [0.2, 0.25) is 0 Å². The maximum Gasteiger partial charge on any atom is 0.131 e. The van der Waals surface area contributed by atoms with Crippen molar-refractivity contribution in [2.45, 2.75) is 0 Å². The third-order valence-electron chi connectivity index (χ3n) is 11.6. The van der Waals surface area contributed by atoms with Gasteiger partial charge in [-0.1, -0.05) is 146 Å². The minimum Gasteiger partial charge on any atom is -0.295 e. The van der Waals surface area contributed by atoms with Gasteiger partial charge in [-0.25, -0.2) is 0 Å². The van der Waals surface area contributed by atoms with Crippen molar-refractivity contribution in [2.24, 2.45) is 0 Å². The SMILES string of the molecule is c1ccc(-n2c3ccccc3c3c4ccccc4n(-c4ccccc4-c4ccccc4-n4c5ccccc5c5c6ccccc6n(-c6ccccc6)c54)c32)cc1. The van der Waals surface area contributed by atoms with Gasteiger partial charge < -0.3 is 0 Å². The van der Waals surface area contributed by atoms with E-state index in [2.05, 4.69) is 225 Å². The lowest BCUT2D eigenvalue weighted by molar-refractivity contribution is 1.06. The minimum absolute atomic E-state index is 1.13. The molecule has 0 atom stereocenters. The number of para-hydroxylation sites is 8. The Balaban J connectivity index is 1.21. The smallest absolute Gasteiger partial charge is 0.131 e. The van der Waals surface area contributed by atoms with Crippen LogP contribution in [0.15, 0.2) is 206 Å². The van der Waals surface area contributed by atoms with Gasteiger partial charge >= 0.3 is 0 Å². The molecule has 0 aliphatic heterocycles. The molecule has 0 unspecified atom stereocenters. The first kappa shape index (κ1) is 30.9. The van der Waals surface area contributed by atoms with Gasteiger partial charge in [-0.15, -0.1) is 0 Å². The van der Waals surface area contributed by atoms with E-state index in [1.165, 1.54) is 54.4 Å². The second-order valence-electron chi connectivity index (χ2n) is 14.5. The van der Waals surface area contributed by atoms with Crippen LogP contribution in [0, 0.1) is 0 Å². The second kappa shape index (κ2) is 12.0. The first-order valence-electron chi connectivity index (χ1n) is 19.2. The summed E-state index contributed by atoms with van der Waals surface area (Å²) in [4.78, 5) is 0. The highest BCUT2D eigenvalue weighted by atomic mass is 15.2. The molecule has 8 aromatic carbocycles. The van der Waals surface area contributed by atoms with Crippen LogP contribution in [-0.4, -0.2) is 18.3 Å². The maximum absolute atomic E-state index is 2.49. The molecule has 4 nitrogen and oxygen atoms in total. The number of benzene rings is 8. The van der Waals surface area contributed by atoms with E-state index in [0.29, 0.717) is 0 Å². The Morgan fingerprint density at radius 3 is 0.893 bits per heavy atom. The lowest BCUT2D eigenvalue weighted by Crippen LogP contribution is -2.05. The zero-order valence-electron chi connectivity index (χ0n) is 30.4. The Morgan fingerprint density at radius 1 is 0.232 bits per heavy atom. The molecule has 12 aromatic rings. The molecule has 12 rings (SSSR count). The molecule has 0 amide bonds. The molecular weight excluding hydrogens is 681 g/mol. The number of rotatable bonds is 5. The van der Waals surface area contributed by atoms with Crippen molar-refractivity contribution in [1.82, 2.24) is 18.3 Å². The fourth-order valence-corrected chi connectivity index (χ4v) is 9.35. The number of nitrogens with zero attached hydrogens (tertiary/aromatic N) is 4. The standard InChI is InChI=1S/C52H34N4/c1-3-19-35(20-4-1)53-45-31-15-9-25-39(45)49-41-27-11-17-33-47(41)55(51(49)53)43-29-13-7-23-37(43)38-24-8-14-30-44(38)56-48-34-18-12-28-42(48)50-40-26-10-16-32-46(40)54(52(50)56)36-21-5-2-6-22-36/h1-34H. The summed E-state index contributed by atoms with van der Waals surface area (Å²) in [5.74, 6) is 0. The Hall–Kier alpha value is -7.56. The number of aromatic nitrogens is 4. The molecule has 0 aliphatic rings. The van der Waals surface area contributed by atoms with Gasteiger partial charge in [0, 0.05) is 54.8 Å². The van der Waals surface area contributed by atoms with Gasteiger partial charge in [0.15, 0.2) is 0 Å². The highest BCUT2D eigenvalue weighted by molar-refractivity contribution is 6.24. The Kier molecular flexibility index (Phi) is 6.60. The minimum atomic E-state index is 1.13. The van der Waals surface area contributed by atoms with E-state index in [9.17, 15) is 0 Å². The van der Waals surface area contributed by atoms with E-state index in [1.54, 1.807) is 0 Å². The molecule has 4 aromatic heterocycles. The van der Waals surface area contributed by atoms with E-state index in [-0.39, 0.29) is 0 Å². The van der Waals surface area contributed by atoms with Crippen LogP contribution in [0.25, 0.3) is 99.6 Å². The lowest BCUT2D eigenvalue weighted by Gasteiger charge is -2.20. The summed E-state index contributed by atoms with van der Waals surface area (Å²) in [6.07, 6.45) is 0. The molecule has 0 radical (unpaired) electrons. The molecule has 0 fully saturated rings. The van der Waals surface area contributed by atoms with Crippen molar-refractivity contribution in [2.75, 3.05) is 0 Å². The number of hydrogen-bond donors (Lipinski definition) is 0. The summed E-state index contributed by atoms with van der Waals surface area (Å²) < 4.78 is 9.87. The van der Waals surface area contributed by atoms with Crippen LogP contribution in [0.2, 0.25) is 0 Å². The van der Waals surface area contributed by atoms with Gasteiger partial charge in [-0.3, -0.25) is 18.3 Å². The first-order chi connectivity index (χ1) is 27.9. The van der Waals surface area contributed by atoms with Crippen LogP contribution in [0.1, 0.15) is 0 Å². The molecule has 0 spiro atoms. The van der Waals surface area contributed by atoms with Crippen LogP contribution in [0.5, 0.6) is 0 Å². The summed E-state index contributed by atoms with van der Waals surface area (Å²) in [6.45, 7) is 0. The zero-order chi connectivity index (χ0) is 36.7. The van der Waals surface area contributed by atoms with Crippen LogP contribution < -0.4 is 0 Å². The molecule has 0 N–H and O–H groups in total. The van der Waals surface area contributed by atoms with Gasteiger partial charge in [0.1, 0.15) is 11.3 Å². The van der Waals surface area contributed by atoms with Crippen molar-refractivity contribution < 1.29 is 0 Å².